The van der Waals surface area contributed by atoms with Crippen molar-refractivity contribution in [1.82, 2.24) is 14.7 Å². The van der Waals surface area contributed by atoms with Crippen molar-refractivity contribution < 1.29 is 13.9 Å². The zero-order chi connectivity index (χ0) is 14.4. The minimum Gasteiger partial charge on any atom is -0.395 e. The van der Waals surface area contributed by atoms with E-state index >= 15 is 0 Å². The third-order valence-corrected chi connectivity index (χ3v) is 2.92. The SMILES string of the molecule is OCCN(Cc1ccc(-n2cccn2)cc1)CC(F)F. The van der Waals surface area contributed by atoms with Crippen molar-refractivity contribution in [2.45, 2.75) is 13.0 Å². The molecule has 6 heteroatoms. The Morgan fingerprint density at radius 1 is 1.25 bits per heavy atom. The minimum atomic E-state index is -2.40. The van der Waals surface area contributed by atoms with E-state index in [4.69, 9.17) is 5.11 Å². The molecule has 1 aromatic carbocycles. The van der Waals surface area contributed by atoms with Crippen molar-refractivity contribution in [2.24, 2.45) is 0 Å². The maximum atomic E-state index is 12.4. The molecule has 1 heterocycles. The number of hydrogen-bond donors (Lipinski definition) is 1. The van der Waals surface area contributed by atoms with Crippen LogP contribution < -0.4 is 0 Å². The number of halogens is 2. The summed E-state index contributed by atoms with van der Waals surface area (Å²) in [6, 6.07) is 9.38. The second-order valence-corrected chi connectivity index (χ2v) is 4.47. The van der Waals surface area contributed by atoms with Crippen molar-refractivity contribution in [3.8, 4) is 5.69 Å². The molecular formula is C14H17F2N3O. The molecule has 0 atom stereocenters. The molecule has 0 aliphatic heterocycles. The van der Waals surface area contributed by atoms with Crippen LogP contribution >= 0.6 is 0 Å². The molecule has 20 heavy (non-hydrogen) atoms. The van der Waals surface area contributed by atoms with Crippen LogP contribution in [-0.4, -0.2) is 45.9 Å². The van der Waals surface area contributed by atoms with E-state index in [1.54, 1.807) is 10.9 Å². The second kappa shape index (κ2) is 7.12. The predicted octanol–water partition coefficient (Wildman–Crippen LogP) is 1.93. The van der Waals surface area contributed by atoms with E-state index in [1.807, 2.05) is 36.5 Å². The van der Waals surface area contributed by atoms with Gasteiger partial charge in [0, 0.05) is 25.5 Å². The Kier molecular flexibility index (Phi) is 5.20. The summed E-state index contributed by atoms with van der Waals surface area (Å²) >= 11 is 0. The van der Waals surface area contributed by atoms with Gasteiger partial charge in [-0.1, -0.05) is 12.1 Å². The smallest absolute Gasteiger partial charge is 0.251 e. The average molecular weight is 281 g/mol. The molecule has 2 rings (SSSR count). The lowest BCUT2D eigenvalue weighted by atomic mass is 10.2. The number of aliphatic hydroxyl groups is 1. The Balaban J connectivity index is 2.01. The summed E-state index contributed by atoms with van der Waals surface area (Å²) < 4.78 is 26.6. The maximum absolute atomic E-state index is 12.4. The Morgan fingerprint density at radius 2 is 2.00 bits per heavy atom. The number of aliphatic hydroxyl groups excluding tert-OH is 1. The molecule has 0 saturated carbocycles. The van der Waals surface area contributed by atoms with Crippen molar-refractivity contribution in [2.75, 3.05) is 19.7 Å². The first-order valence-corrected chi connectivity index (χ1v) is 6.39. The van der Waals surface area contributed by atoms with Gasteiger partial charge in [0.15, 0.2) is 0 Å². The molecule has 0 unspecified atom stereocenters. The van der Waals surface area contributed by atoms with Crippen LogP contribution in [0.1, 0.15) is 5.56 Å². The first-order chi connectivity index (χ1) is 9.69. The standard InChI is InChI=1S/C14H17F2N3O/c15-14(16)11-18(8-9-20)10-12-2-4-13(5-3-12)19-7-1-6-17-19/h1-7,14,20H,8-11H2. The van der Waals surface area contributed by atoms with Crippen LogP contribution in [0.3, 0.4) is 0 Å². The second-order valence-electron chi connectivity index (χ2n) is 4.47. The maximum Gasteiger partial charge on any atom is 0.251 e. The summed E-state index contributed by atoms with van der Waals surface area (Å²) in [4.78, 5) is 1.54. The highest BCUT2D eigenvalue weighted by molar-refractivity contribution is 5.33. The minimum absolute atomic E-state index is 0.127. The van der Waals surface area contributed by atoms with E-state index in [9.17, 15) is 8.78 Å². The van der Waals surface area contributed by atoms with E-state index in [0.29, 0.717) is 6.54 Å². The Labute approximate surface area is 116 Å². The molecule has 2 aromatic rings. The van der Waals surface area contributed by atoms with Gasteiger partial charge in [0.2, 0.25) is 0 Å². The highest BCUT2D eigenvalue weighted by atomic mass is 19.3. The molecule has 0 aliphatic carbocycles. The molecule has 0 bridgehead atoms. The van der Waals surface area contributed by atoms with E-state index in [-0.39, 0.29) is 19.7 Å². The molecule has 1 N–H and O–H groups in total. The first kappa shape index (κ1) is 14.6. The van der Waals surface area contributed by atoms with Gasteiger partial charge < -0.3 is 5.11 Å². The zero-order valence-corrected chi connectivity index (χ0v) is 11.0. The molecule has 0 saturated heterocycles. The number of alkyl halides is 2. The fourth-order valence-corrected chi connectivity index (χ4v) is 2.01. The number of rotatable bonds is 7. The Bertz CT molecular complexity index is 500. The zero-order valence-electron chi connectivity index (χ0n) is 11.0. The molecule has 4 nitrogen and oxygen atoms in total. The molecular weight excluding hydrogens is 264 g/mol. The molecule has 0 aliphatic rings. The normalized spacial score (nSPS) is 11.4. The van der Waals surface area contributed by atoms with Crippen LogP contribution in [0.15, 0.2) is 42.7 Å². The van der Waals surface area contributed by atoms with Crippen molar-refractivity contribution in [1.29, 1.82) is 0 Å². The molecule has 1 aromatic heterocycles. The summed E-state index contributed by atoms with van der Waals surface area (Å²) in [5, 5.41) is 13.0. The average Bonchev–Trinajstić information content (AvgIpc) is 2.93. The molecule has 0 fully saturated rings. The van der Waals surface area contributed by atoms with Gasteiger partial charge in [-0.05, 0) is 23.8 Å². The van der Waals surface area contributed by atoms with Crippen LogP contribution in [-0.2, 0) is 6.54 Å². The number of aromatic nitrogens is 2. The molecule has 0 amide bonds. The number of benzene rings is 1. The quantitative estimate of drug-likeness (QED) is 0.843. The van der Waals surface area contributed by atoms with Crippen LogP contribution in [0.4, 0.5) is 8.78 Å². The molecule has 108 valence electrons. The van der Waals surface area contributed by atoms with Crippen molar-refractivity contribution >= 4 is 0 Å². The molecule has 0 radical (unpaired) electrons. The van der Waals surface area contributed by atoms with Crippen LogP contribution in [0, 0.1) is 0 Å². The van der Waals surface area contributed by atoms with Gasteiger partial charge in [-0.2, -0.15) is 5.10 Å². The lowest BCUT2D eigenvalue weighted by Crippen LogP contribution is -2.31. The predicted molar refractivity (Wildman–Crippen MR) is 71.9 cm³/mol. The summed E-state index contributed by atoms with van der Waals surface area (Å²) in [7, 11) is 0. The van der Waals surface area contributed by atoms with E-state index in [1.165, 1.54) is 4.90 Å². The summed E-state index contributed by atoms with van der Waals surface area (Å²) in [5.74, 6) is 0. The van der Waals surface area contributed by atoms with E-state index in [0.717, 1.165) is 11.3 Å². The number of nitrogens with zero attached hydrogens (tertiary/aromatic N) is 3. The van der Waals surface area contributed by atoms with Gasteiger partial charge in [-0.15, -0.1) is 0 Å². The third-order valence-electron chi connectivity index (χ3n) is 2.92. The largest absolute Gasteiger partial charge is 0.395 e. The van der Waals surface area contributed by atoms with Crippen LogP contribution in [0.2, 0.25) is 0 Å². The van der Waals surface area contributed by atoms with E-state index < -0.39 is 6.43 Å². The van der Waals surface area contributed by atoms with E-state index in [2.05, 4.69) is 5.10 Å². The van der Waals surface area contributed by atoms with Crippen LogP contribution in [0.25, 0.3) is 5.69 Å². The highest BCUT2D eigenvalue weighted by Crippen LogP contribution is 2.11. The topological polar surface area (TPSA) is 41.3 Å². The van der Waals surface area contributed by atoms with Crippen molar-refractivity contribution in [3.63, 3.8) is 0 Å². The van der Waals surface area contributed by atoms with Crippen LogP contribution in [0.5, 0.6) is 0 Å². The van der Waals surface area contributed by atoms with Gasteiger partial charge in [0.05, 0.1) is 18.8 Å². The Hall–Kier alpha value is -1.79. The fourth-order valence-electron chi connectivity index (χ4n) is 2.01. The van der Waals surface area contributed by atoms with Gasteiger partial charge >= 0.3 is 0 Å². The lowest BCUT2D eigenvalue weighted by molar-refractivity contribution is 0.0746. The summed E-state index contributed by atoms with van der Waals surface area (Å²) in [5.41, 5.74) is 1.84. The number of hydrogen-bond acceptors (Lipinski definition) is 3. The van der Waals surface area contributed by atoms with Crippen molar-refractivity contribution in [3.05, 3.63) is 48.3 Å². The van der Waals surface area contributed by atoms with Gasteiger partial charge in [0.25, 0.3) is 6.43 Å². The van der Waals surface area contributed by atoms with Gasteiger partial charge in [-0.3, -0.25) is 4.90 Å². The highest BCUT2D eigenvalue weighted by Gasteiger charge is 2.12. The fraction of sp³-hybridized carbons (Fsp3) is 0.357. The summed E-state index contributed by atoms with van der Waals surface area (Å²) in [6.45, 7) is 0.176. The van der Waals surface area contributed by atoms with Gasteiger partial charge in [0.1, 0.15) is 0 Å². The third kappa shape index (κ3) is 4.11. The first-order valence-electron chi connectivity index (χ1n) is 6.39. The van der Waals surface area contributed by atoms with Gasteiger partial charge in [-0.25, -0.2) is 13.5 Å². The molecule has 0 spiro atoms. The monoisotopic (exact) mass is 281 g/mol. The Morgan fingerprint density at radius 3 is 2.55 bits per heavy atom. The lowest BCUT2D eigenvalue weighted by Gasteiger charge is -2.20. The summed E-state index contributed by atoms with van der Waals surface area (Å²) in [6.07, 6.45) is 1.13.